The largest absolute Gasteiger partial charge is 0.508 e. The number of aromatic hydroxyl groups is 1. The minimum Gasteiger partial charge on any atom is -0.508 e. The molecule has 3 amide bonds. The number of hydrogen-bond acceptors (Lipinski definition) is 9. The quantitative estimate of drug-likeness (QED) is 0.321. The third kappa shape index (κ3) is 5.35. The van der Waals surface area contributed by atoms with Crippen LogP contribution in [0.3, 0.4) is 0 Å². The predicted octanol–water partition coefficient (Wildman–Crippen LogP) is 2.99. The van der Waals surface area contributed by atoms with Gasteiger partial charge in [-0.2, -0.15) is 4.37 Å². The van der Waals surface area contributed by atoms with Crippen molar-refractivity contribution in [1.82, 2.24) is 9.69 Å². The Balaban J connectivity index is 1.93. The number of hydrogen-bond donors (Lipinski definition) is 4. The van der Waals surface area contributed by atoms with Crippen molar-refractivity contribution in [3.05, 3.63) is 58.6 Å². The first-order valence-electron chi connectivity index (χ1n) is 11.9. The molecule has 12 heteroatoms. The highest BCUT2D eigenvalue weighted by Crippen LogP contribution is 2.40. The SMILES string of the molecule is COc1ccc(OC)c(N(C(=O)c2snc(C(N)=O)c2N)C(C(=O)NC2CCCC2)c2ccc(O)cc2)c1. The fourth-order valence-corrected chi connectivity index (χ4v) is 5.26. The Morgan fingerprint density at radius 2 is 1.79 bits per heavy atom. The lowest BCUT2D eigenvalue weighted by molar-refractivity contribution is -0.123. The van der Waals surface area contributed by atoms with Crippen molar-refractivity contribution in [2.24, 2.45) is 5.73 Å². The van der Waals surface area contributed by atoms with Crippen LogP contribution in [0.2, 0.25) is 0 Å². The van der Waals surface area contributed by atoms with Gasteiger partial charge in [0.25, 0.3) is 11.8 Å². The fraction of sp³-hybridized carbons (Fsp3) is 0.308. The Morgan fingerprint density at radius 3 is 2.37 bits per heavy atom. The molecular formula is C26H29N5O6S. The first-order valence-corrected chi connectivity index (χ1v) is 12.7. The van der Waals surface area contributed by atoms with Crippen LogP contribution in [0.15, 0.2) is 42.5 Å². The summed E-state index contributed by atoms with van der Waals surface area (Å²) in [5.41, 5.74) is 11.7. The van der Waals surface area contributed by atoms with Crippen molar-refractivity contribution in [2.45, 2.75) is 37.8 Å². The summed E-state index contributed by atoms with van der Waals surface area (Å²) in [4.78, 5) is 41.1. The molecule has 38 heavy (non-hydrogen) atoms. The number of rotatable bonds is 9. The van der Waals surface area contributed by atoms with Gasteiger partial charge >= 0.3 is 0 Å². The lowest BCUT2D eigenvalue weighted by Gasteiger charge is -2.33. The highest BCUT2D eigenvalue weighted by molar-refractivity contribution is 7.09. The normalized spacial score (nSPS) is 14.1. The minimum atomic E-state index is -1.21. The number of nitrogens with one attached hydrogen (secondary N) is 1. The maximum Gasteiger partial charge on any atom is 0.273 e. The molecule has 1 saturated carbocycles. The molecule has 4 rings (SSSR count). The third-order valence-electron chi connectivity index (χ3n) is 6.44. The van der Waals surface area contributed by atoms with Crippen LogP contribution in [0, 0.1) is 0 Å². The number of carbonyl (C=O) groups is 3. The van der Waals surface area contributed by atoms with Crippen LogP contribution in [0.1, 0.15) is 57.4 Å². The number of anilines is 2. The molecule has 1 heterocycles. The molecule has 0 radical (unpaired) electrons. The van der Waals surface area contributed by atoms with E-state index in [4.69, 9.17) is 20.9 Å². The Bertz CT molecular complexity index is 1340. The Labute approximate surface area is 223 Å². The molecule has 1 unspecified atom stereocenters. The van der Waals surface area contributed by atoms with Crippen molar-refractivity contribution in [2.75, 3.05) is 24.9 Å². The molecule has 0 aliphatic heterocycles. The van der Waals surface area contributed by atoms with E-state index < -0.39 is 23.8 Å². The van der Waals surface area contributed by atoms with Gasteiger partial charge in [0, 0.05) is 12.1 Å². The van der Waals surface area contributed by atoms with E-state index in [9.17, 15) is 19.5 Å². The molecule has 2 aromatic carbocycles. The molecule has 11 nitrogen and oxygen atoms in total. The van der Waals surface area contributed by atoms with Crippen molar-refractivity contribution in [3.63, 3.8) is 0 Å². The topological polar surface area (TPSA) is 170 Å². The van der Waals surface area contributed by atoms with Crippen molar-refractivity contribution >= 4 is 40.6 Å². The smallest absolute Gasteiger partial charge is 0.273 e. The summed E-state index contributed by atoms with van der Waals surface area (Å²) in [5.74, 6) is -1.31. The van der Waals surface area contributed by atoms with Crippen LogP contribution in [0.25, 0.3) is 0 Å². The molecule has 6 N–H and O–H groups in total. The number of nitrogen functional groups attached to an aromatic ring is 1. The molecule has 0 saturated heterocycles. The zero-order valence-corrected chi connectivity index (χ0v) is 21.8. The highest BCUT2D eigenvalue weighted by atomic mass is 32.1. The number of primary amides is 1. The van der Waals surface area contributed by atoms with Gasteiger partial charge in [0.2, 0.25) is 5.91 Å². The lowest BCUT2D eigenvalue weighted by atomic mass is 10.0. The molecule has 1 atom stereocenters. The molecule has 1 aliphatic carbocycles. The predicted molar refractivity (Wildman–Crippen MR) is 143 cm³/mol. The van der Waals surface area contributed by atoms with Crippen LogP contribution in [0.4, 0.5) is 11.4 Å². The molecule has 1 aliphatic rings. The number of methoxy groups -OCH3 is 2. The second kappa shape index (κ2) is 11.4. The molecule has 3 aromatic rings. The number of aromatic nitrogens is 1. The summed E-state index contributed by atoms with van der Waals surface area (Å²) < 4.78 is 14.9. The summed E-state index contributed by atoms with van der Waals surface area (Å²) in [5, 5.41) is 13.0. The van der Waals surface area contributed by atoms with Gasteiger partial charge in [-0.3, -0.25) is 19.3 Å². The second-order valence-electron chi connectivity index (χ2n) is 8.84. The maximum atomic E-state index is 14.2. The summed E-state index contributed by atoms with van der Waals surface area (Å²) in [7, 11) is 2.91. The summed E-state index contributed by atoms with van der Waals surface area (Å²) in [6.07, 6.45) is 3.64. The van der Waals surface area contributed by atoms with Crippen molar-refractivity contribution in [3.8, 4) is 17.2 Å². The average Bonchev–Trinajstić information content (AvgIpc) is 3.56. The summed E-state index contributed by atoms with van der Waals surface area (Å²) in [6, 6.07) is 9.58. The monoisotopic (exact) mass is 539 g/mol. The van der Waals surface area contributed by atoms with E-state index in [0.29, 0.717) is 22.8 Å². The zero-order valence-electron chi connectivity index (χ0n) is 21.0. The lowest BCUT2D eigenvalue weighted by Crippen LogP contribution is -2.46. The number of ether oxygens (including phenoxy) is 2. The van der Waals surface area contributed by atoms with Gasteiger partial charge in [-0.1, -0.05) is 25.0 Å². The molecule has 200 valence electrons. The van der Waals surface area contributed by atoms with Gasteiger partial charge in [-0.05, 0) is 54.2 Å². The number of phenols is 1. The second-order valence-corrected chi connectivity index (χ2v) is 9.61. The number of amides is 3. The number of nitrogens with two attached hydrogens (primary N) is 2. The Hall–Kier alpha value is -4.32. The van der Waals surface area contributed by atoms with Gasteiger partial charge < -0.3 is 31.4 Å². The number of carbonyl (C=O) groups excluding carboxylic acids is 3. The van der Waals surface area contributed by atoms with E-state index in [1.165, 1.54) is 31.3 Å². The van der Waals surface area contributed by atoms with E-state index in [2.05, 4.69) is 9.69 Å². The Kier molecular flexibility index (Phi) is 8.01. The van der Waals surface area contributed by atoms with E-state index >= 15 is 0 Å². The van der Waals surface area contributed by atoms with E-state index in [1.807, 2.05) is 0 Å². The number of nitrogens with zero attached hydrogens (tertiary/aromatic N) is 2. The molecule has 0 spiro atoms. The van der Waals surface area contributed by atoms with Crippen LogP contribution < -0.4 is 31.2 Å². The van der Waals surface area contributed by atoms with E-state index in [1.54, 1.807) is 30.3 Å². The first-order chi connectivity index (χ1) is 18.2. The van der Waals surface area contributed by atoms with E-state index in [0.717, 1.165) is 25.7 Å². The first kappa shape index (κ1) is 26.7. The van der Waals surface area contributed by atoms with Crippen LogP contribution in [-0.2, 0) is 4.79 Å². The number of phenolic OH excluding ortho intramolecular Hbond substituents is 1. The maximum absolute atomic E-state index is 14.2. The van der Waals surface area contributed by atoms with Gasteiger partial charge in [-0.15, -0.1) is 0 Å². The summed E-state index contributed by atoms with van der Waals surface area (Å²) >= 11 is 0.708. The molecular weight excluding hydrogens is 510 g/mol. The molecule has 0 bridgehead atoms. The number of benzene rings is 2. The zero-order chi connectivity index (χ0) is 27.4. The fourth-order valence-electron chi connectivity index (χ4n) is 4.51. The van der Waals surface area contributed by atoms with Crippen LogP contribution in [0.5, 0.6) is 17.2 Å². The average molecular weight is 540 g/mol. The standard InChI is InChI=1S/C26H29N5O6S/c1-36-17-11-12-19(37-2)18(13-17)31(26(35)23-20(27)21(24(28)33)30-38-23)22(14-7-9-16(32)10-8-14)25(34)29-15-5-3-4-6-15/h7-13,15,22,32H,3-6,27H2,1-2H3,(H2,28,33)(H,29,34). The van der Waals surface area contributed by atoms with Gasteiger partial charge in [0.05, 0.1) is 25.6 Å². The summed E-state index contributed by atoms with van der Waals surface area (Å²) in [6.45, 7) is 0. The van der Waals surface area contributed by atoms with E-state index in [-0.39, 0.29) is 39.5 Å². The van der Waals surface area contributed by atoms with Crippen molar-refractivity contribution < 1.29 is 29.0 Å². The Morgan fingerprint density at radius 1 is 1.11 bits per heavy atom. The van der Waals surface area contributed by atoms with Crippen molar-refractivity contribution in [1.29, 1.82) is 0 Å². The molecule has 1 fully saturated rings. The minimum absolute atomic E-state index is 0.00154. The molecule has 1 aromatic heterocycles. The van der Waals surface area contributed by atoms with Crippen LogP contribution >= 0.6 is 11.5 Å². The van der Waals surface area contributed by atoms with Gasteiger partial charge in [0.1, 0.15) is 28.2 Å². The third-order valence-corrected chi connectivity index (χ3v) is 7.29. The van der Waals surface area contributed by atoms with Crippen LogP contribution in [-0.4, -0.2) is 47.5 Å². The highest BCUT2D eigenvalue weighted by Gasteiger charge is 2.38. The van der Waals surface area contributed by atoms with Gasteiger partial charge in [0.15, 0.2) is 5.69 Å². The van der Waals surface area contributed by atoms with Gasteiger partial charge in [-0.25, -0.2) is 0 Å².